The van der Waals surface area contributed by atoms with Crippen molar-refractivity contribution in [2.45, 2.75) is 51.2 Å². The summed E-state index contributed by atoms with van der Waals surface area (Å²) in [4.78, 5) is 25.1. The summed E-state index contributed by atoms with van der Waals surface area (Å²) in [5.41, 5.74) is -0.641. The third kappa shape index (κ3) is 4.96. The predicted octanol–water partition coefficient (Wildman–Crippen LogP) is 3.91. The molecule has 25 heavy (non-hydrogen) atoms. The topological polar surface area (TPSA) is 57.6 Å². The molecule has 2 unspecified atom stereocenters. The van der Waals surface area contributed by atoms with Gasteiger partial charge in [0, 0.05) is 19.0 Å². The van der Waals surface area contributed by atoms with E-state index in [0.717, 1.165) is 18.9 Å². The molecule has 1 aromatic rings. The summed E-state index contributed by atoms with van der Waals surface area (Å²) in [5.74, 6) is -2.59. The smallest absolute Gasteiger partial charge is 0.416 e. The quantitative estimate of drug-likeness (QED) is 0.805. The summed E-state index contributed by atoms with van der Waals surface area (Å²) in [6.07, 6.45) is -2.92. The van der Waals surface area contributed by atoms with Gasteiger partial charge in [0.2, 0.25) is 5.91 Å². The van der Waals surface area contributed by atoms with Crippen molar-refractivity contribution in [3.63, 3.8) is 0 Å². The molecule has 1 amide bonds. The molecule has 1 aliphatic carbocycles. The van der Waals surface area contributed by atoms with Crippen LogP contribution in [0.4, 0.5) is 13.2 Å². The van der Waals surface area contributed by atoms with Gasteiger partial charge in [-0.2, -0.15) is 13.2 Å². The van der Waals surface area contributed by atoms with E-state index < -0.39 is 29.5 Å². The number of rotatable bonds is 7. The molecule has 1 saturated carbocycles. The maximum absolute atomic E-state index is 13.1. The molecule has 0 saturated heterocycles. The van der Waals surface area contributed by atoms with Gasteiger partial charge in [-0.05, 0) is 30.4 Å². The van der Waals surface area contributed by atoms with E-state index in [1.165, 1.54) is 30.0 Å². The zero-order valence-corrected chi connectivity index (χ0v) is 14.2. The number of carboxylic acids is 1. The molecule has 7 heteroatoms. The van der Waals surface area contributed by atoms with E-state index in [-0.39, 0.29) is 30.5 Å². The molecule has 4 nitrogen and oxygen atoms in total. The molecule has 1 fully saturated rings. The predicted molar refractivity (Wildman–Crippen MR) is 86.0 cm³/mol. The Bertz CT molecular complexity index is 641. The van der Waals surface area contributed by atoms with Crippen molar-refractivity contribution in [3.05, 3.63) is 35.4 Å². The van der Waals surface area contributed by atoms with Crippen LogP contribution >= 0.6 is 0 Å². The number of halogens is 3. The highest BCUT2D eigenvalue weighted by atomic mass is 19.4. The number of alkyl halides is 3. The van der Waals surface area contributed by atoms with E-state index in [4.69, 9.17) is 5.11 Å². The molecule has 1 aliphatic rings. The average Bonchev–Trinajstić information content (AvgIpc) is 3.35. The molecule has 138 valence electrons. The molecular weight excluding hydrogens is 335 g/mol. The van der Waals surface area contributed by atoms with Crippen LogP contribution in [0, 0.1) is 5.92 Å². The standard InChI is InChI=1S/C18H22F3NO3/c1-11(14-5-3-4-6-15(14)18(19,20)21)9-16(23)22(13-7-8-13)10-12(2)17(24)25/h3-6,11-13H,7-10H2,1-2H3,(H,24,25). The SMILES string of the molecule is CC(CN(C(=O)CC(C)c1ccccc1C(F)(F)F)C1CC1)C(=O)O. The Balaban J connectivity index is 2.12. The summed E-state index contributed by atoms with van der Waals surface area (Å²) in [5, 5.41) is 9.04. The van der Waals surface area contributed by atoms with Crippen LogP contribution in [0.15, 0.2) is 24.3 Å². The molecule has 0 bridgehead atoms. The summed E-state index contributed by atoms with van der Waals surface area (Å²) in [7, 11) is 0. The molecular formula is C18H22F3NO3. The zero-order valence-electron chi connectivity index (χ0n) is 14.2. The lowest BCUT2D eigenvalue weighted by Crippen LogP contribution is -2.39. The number of carboxylic acid groups (broad SMARTS) is 1. The maximum Gasteiger partial charge on any atom is 0.416 e. The van der Waals surface area contributed by atoms with E-state index in [1.807, 2.05) is 0 Å². The number of amides is 1. The molecule has 0 aromatic heterocycles. The van der Waals surface area contributed by atoms with Gasteiger partial charge >= 0.3 is 12.1 Å². The lowest BCUT2D eigenvalue weighted by Gasteiger charge is -2.26. The number of nitrogens with zero attached hydrogens (tertiary/aromatic N) is 1. The second kappa shape index (κ2) is 7.45. The fourth-order valence-corrected chi connectivity index (χ4v) is 2.89. The van der Waals surface area contributed by atoms with E-state index in [2.05, 4.69) is 0 Å². The van der Waals surface area contributed by atoms with Gasteiger partial charge < -0.3 is 10.0 Å². The molecule has 2 rings (SSSR count). The van der Waals surface area contributed by atoms with Gasteiger partial charge in [0.1, 0.15) is 0 Å². The van der Waals surface area contributed by atoms with Gasteiger partial charge in [0.15, 0.2) is 0 Å². The minimum atomic E-state index is -4.47. The van der Waals surface area contributed by atoms with Crippen LogP contribution in [-0.2, 0) is 15.8 Å². The molecule has 0 heterocycles. The van der Waals surface area contributed by atoms with Crippen LogP contribution in [0.2, 0.25) is 0 Å². The van der Waals surface area contributed by atoms with Gasteiger partial charge in [-0.3, -0.25) is 9.59 Å². The van der Waals surface area contributed by atoms with Crippen molar-refractivity contribution in [1.29, 1.82) is 0 Å². The number of benzene rings is 1. The van der Waals surface area contributed by atoms with Gasteiger partial charge in [-0.1, -0.05) is 32.0 Å². The fourth-order valence-electron chi connectivity index (χ4n) is 2.89. The minimum absolute atomic E-state index is 0.0133. The van der Waals surface area contributed by atoms with E-state index in [0.29, 0.717) is 0 Å². The van der Waals surface area contributed by atoms with Gasteiger partial charge in [0.25, 0.3) is 0 Å². The van der Waals surface area contributed by atoms with Crippen LogP contribution in [0.1, 0.15) is 50.2 Å². The lowest BCUT2D eigenvalue weighted by atomic mass is 9.92. The molecule has 0 radical (unpaired) electrons. The van der Waals surface area contributed by atoms with Crippen LogP contribution in [0.3, 0.4) is 0 Å². The number of aliphatic carboxylic acids is 1. The largest absolute Gasteiger partial charge is 0.481 e. The van der Waals surface area contributed by atoms with Crippen molar-refractivity contribution in [1.82, 2.24) is 4.90 Å². The first-order valence-electron chi connectivity index (χ1n) is 8.29. The number of carbonyl (C=O) groups is 2. The summed E-state index contributed by atoms with van der Waals surface area (Å²) >= 11 is 0. The van der Waals surface area contributed by atoms with Crippen molar-refractivity contribution in [3.8, 4) is 0 Å². The zero-order chi connectivity index (χ0) is 18.8. The van der Waals surface area contributed by atoms with E-state index in [1.54, 1.807) is 6.92 Å². The number of hydrogen-bond acceptors (Lipinski definition) is 2. The highest BCUT2D eigenvalue weighted by Crippen LogP contribution is 2.37. The Morgan fingerprint density at radius 3 is 2.36 bits per heavy atom. The Labute approximate surface area is 144 Å². The number of hydrogen-bond donors (Lipinski definition) is 1. The summed E-state index contributed by atoms with van der Waals surface area (Å²) < 4.78 is 39.4. The van der Waals surface area contributed by atoms with Crippen molar-refractivity contribution >= 4 is 11.9 Å². The van der Waals surface area contributed by atoms with Gasteiger partial charge in [-0.15, -0.1) is 0 Å². The second-order valence-corrected chi connectivity index (χ2v) is 6.71. The van der Waals surface area contributed by atoms with Crippen molar-refractivity contribution < 1.29 is 27.9 Å². The van der Waals surface area contributed by atoms with E-state index >= 15 is 0 Å². The van der Waals surface area contributed by atoms with Crippen LogP contribution < -0.4 is 0 Å². The van der Waals surface area contributed by atoms with Gasteiger partial charge in [0.05, 0.1) is 11.5 Å². The number of carbonyl (C=O) groups excluding carboxylic acids is 1. The Kier molecular flexibility index (Phi) is 5.75. The normalized spacial score (nSPS) is 17.0. The molecule has 1 aromatic carbocycles. The highest BCUT2D eigenvalue weighted by molar-refractivity contribution is 5.79. The van der Waals surface area contributed by atoms with Crippen LogP contribution in [0.5, 0.6) is 0 Å². The van der Waals surface area contributed by atoms with Crippen LogP contribution in [0.25, 0.3) is 0 Å². The van der Waals surface area contributed by atoms with Gasteiger partial charge in [-0.25, -0.2) is 0 Å². The summed E-state index contributed by atoms with van der Waals surface area (Å²) in [6, 6.07) is 5.27. The first-order chi connectivity index (χ1) is 11.6. The Hall–Kier alpha value is -2.05. The summed E-state index contributed by atoms with van der Waals surface area (Å²) in [6.45, 7) is 3.20. The minimum Gasteiger partial charge on any atom is -0.481 e. The van der Waals surface area contributed by atoms with Crippen molar-refractivity contribution in [2.24, 2.45) is 5.92 Å². The second-order valence-electron chi connectivity index (χ2n) is 6.71. The third-order valence-corrected chi connectivity index (χ3v) is 4.48. The van der Waals surface area contributed by atoms with Crippen molar-refractivity contribution in [2.75, 3.05) is 6.54 Å². The van der Waals surface area contributed by atoms with Crippen LogP contribution in [-0.4, -0.2) is 34.5 Å². The highest BCUT2D eigenvalue weighted by Gasteiger charge is 2.37. The first kappa shape index (κ1) is 19.3. The average molecular weight is 357 g/mol. The fraction of sp³-hybridized carbons (Fsp3) is 0.556. The van der Waals surface area contributed by atoms with E-state index in [9.17, 15) is 22.8 Å². The lowest BCUT2D eigenvalue weighted by molar-refractivity contribution is -0.144. The maximum atomic E-state index is 13.1. The monoisotopic (exact) mass is 357 g/mol. The Morgan fingerprint density at radius 1 is 1.24 bits per heavy atom. The third-order valence-electron chi connectivity index (χ3n) is 4.48. The Morgan fingerprint density at radius 2 is 1.84 bits per heavy atom. The first-order valence-corrected chi connectivity index (χ1v) is 8.29. The molecule has 2 atom stereocenters. The molecule has 0 spiro atoms. The molecule has 0 aliphatic heterocycles. The molecule has 1 N–H and O–H groups in total.